The molecule has 1 aromatic carbocycles. The van der Waals surface area contributed by atoms with Gasteiger partial charge >= 0.3 is 0 Å². The van der Waals surface area contributed by atoms with Gasteiger partial charge in [-0.2, -0.15) is 0 Å². The predicted octanol–water partition coefficient (Wildman–Crippen LogP) is 3.40. The number of rotatable bonds is 8. The van der Waals surface area contributed by atoms with E-state index in [1.807, 2.05) is 37.4 Å². The van der Waals surface area contributed by atoms with Gasteiger partial charge in [0.25, 0.3) is 0 Å². The molecule has 0 saturated heterocycles. The Morgan fingerprint density at radius 2 is 1.77 bits per heavy atom. The molecule has 2 aromatic rings. The fraction of sp³-hybridized carbons (Fsp3) is 0.480. The number of benzene rings is 1. The lowest BCUT2D eigenvalue weighted by atomic mass is 9.85. The molecule has 1 heterocycles. The van der Waals surface area contributed by atoms with Gasteiger partial charge in [0.2, 0.25) is 11.8 Å². The first-order chi connectivity index (χ1) is 15.1. The molecule has 0 bridgehead atoms. The molecule has 2 aliphatic carbocycles. The smallest absolute Gasteiger partial charge is 0.223 e. The Morgan fingerprint density at radius 3 is 2.52 bits per heavy atom. The minimum Gasteiger partial charge on any atom is -0.383 e. The first-order valence-electron chi connectivity index (χ1n) is 11.4. The second-order valence-corrected chi connectivity index (χ2v) is 8.82. The minimum atomic E-state index is 0.0498. The topological polar surface area (TPSA) is 83.1 Å². The third-order valence-electron chi connectivity index (χ3n) is 6.56. The summed E-state index contributed by atoms with van der Waals surface area (Å²) in [5.41, 5.74) is 3.40. The summed E-state index contributed by atoms with van der Waals surface area (Å²) in [4.78, 5) is 29.2. The maximum absolute atomic E-state index is 12.6. The molecular weight excluding hydrogens is 388 g/mol. The van der Waals surface area contributed by atoms with Gasteiger partial charge in [0.1, 0.15) is 0 Å². The van der Waals surface area contributed by atoms with Crippen molar-refractivity contribution in [1.29, 1.82) is 0 Å². The zero-order valence-electron chi connectivity index (χ0n) is 18.1. The largest absolute Gasteiger partial charge is 0.383 e. The molecule has 0 spiro atoms. The zero-order chi connectivity index (χ0) is 21.6. The lowest BCUT2D eigenvalue weighted by molar-refractivity contribution is -0.126. The van der Waals surface area contributed by atoms with Crippen LogP contribution in [0.15, 0.2) is 48.8 Å². The van der Waals surface area contributed by atoms with E-state index in [1.165, 1.54) is 5.56 Å². The Balaban J connectivity index is 1.12. The van der Waals surface area contributed by atoms with Crippen LogP contribution in [0.3, 0.4) is 0 Å². The summed E-state index contributed by atoms with van der Waals surface area (Å²) < 4.78 is 0. The van der Waals surface area contributed by atoms with E-state index in [2.05, 4.69) is 33.1 Å². The van der Waals surface area contributed by atoms with Gasteiger partial charge in [-0.25, -0.2) is 0 Å². The number of nitrogens with zero attached hydrogens (tertiary/aromatic N) is 1. The molecule has 2 amide bonds. The molecule has 3 N–H and O–H groups in total. The highest BCUT2D eigenvalue weighted by molar-refractivity contribution is 5.83. The normalized spacial score (nSPS) is 24.8. The zero-order valence-corrected chi connectivity index (χ0v) is 18.1. The maximum atomic E-state index is 12.6. The Bertz CT molecular complexity index is 893. The van der Waals surface area contributed by atoms with E-state index < -0.39 is 0 Å². The van der Waals surface area contributed by atoms with Crippen LogP contribution >= 0.6 is 0 Å². The summed E-state index contributed by atoms with van der Waals surface area (Å²) in [6, 6.07) is 12.4. The highest BCUT2D eigenvalue weighted by atomic mass is 16.2. The van der Waals surface area contributed by atoms with Crippen molar-refractivity contribution in [2.24, 2.45) is 11.8 Å². The van der Waals surface area contributed by atoms with Gasteiger partial charge in [0.05, 0.1) is 0 Å². The molecule has 0 unspecified atom stereocenters. The van der Waals surface area contributed by atoms with Crippen LogP contribution < -0.4 is 16.0 Å². The number of aromatic nitrogens is 1. The van der Waals surface area contributed by atoms with Crippen LogP contribution in [0.2, 0.25) is 0 Å². The Hall–Kier alpha value is -2.89. The van der Waals surface area contributed by atoms with Crippen LogP contribution in [0.4, 0.5) is 5.69 Å². The van der Waals surface area contributed by atoms with Crippen molar-refractivity contribution in [2.75, 3.05) is 18.4 Å². The number of hydrogen-bond acceptors (Lipinski definition) is 4. The van der Waals surface area contributed by atoms with Crippen LogP contribution in [0, 0.1) is 18.8 Å². The number of hydrogen-bond donors (Lipinski definition) is 3. The lowest BCUT2D eigenvalue weighted by Gasteiger charge is -2.28. The number of nitrogens with one attached hydrogen (secondary N) is 3. The number of anilines is 1. The fourth-order valence-electron chi connectivity index (χ4n) is 4.56. The van der Waals surface area contributed by atoms with Gasteiger partial charge in [0.15, 0.2) is 0 Å². The molecule has 6 heteroatoms. The van der Waals surface area contributed by atoms with Crippen LogP contribution in [0.5, 0.6) is 0 Å². The summed E-state index contributed by atoms with van der Waals surface area (Å²) in [7, 11) is 0. The van der Waals surface area contributed by atoms with E-state index in [9.17, 15) is 9.59 Å². The van der Waals surface area contributed by atoms with Crippen molar-refractivity contribution < 1.29 is 9.59 Å². The monoisotopic (exact) mass is 420 g/mol. The van der Waals surface area contributed by atoms with E-state index in [0.29, 0.717) is 19.0 Å². The van der Waals surface area contributed by atoms with Crippen LogP contribution in [-0.2, 0) is 9.59 Å². The molecule has 31 heavy (non-hydrogen) atoms. The first kappa shape index (κ1) is 21.3. The SMILES string of the molecule is Cc1cnccc1NCCNC(=O)C1CCC(NC(=O)[C@@H]2C[C@H]2c2ccccc2)CC1. The highest BCUT2D eigenvalue weighted by Crippen LogP contribution is 2.47. The van der Waals surface area contributed by atoms with E-state index in [-0.39, 0.29) is 29.7 Å². The van der Waals surface area contributed by atoms with Crippen molar-refractivity contribution in [3.05, 3.63) is 59.9 Å². The number of aryl methyl sites for hydroxylation is 1. The number of carbonyl (C=O) groups excluding carboxylic acids is 2. The molecule has 1 aromatic heterocycles. The van der Waals surface area contributed by atoms with Crippen LogP contribution in [-0.4, -0.2) is 35.9 Å². The number of pyridine rings is 1. The average molecular weight is 421 g/mol. The molecule has 4 rings (SSSR count). The summed E-state index contributed by atoms with van der Waals surface area (Å²) in [6.07, 6.45) is 7.95. The Labute approximate surface area is 184 Å². The number of carbonyl (C=O) groups is 2. The van der Waals surface area contributed by atoms with E-state index in [4.69, 9.17) is 0 Å². The number of amides is 2. The predicted molar refractivity (Wildman–Crippen MR) is 122 cm³/mol. The standard InChI is InChI=1S/C25H32N4O2/c1-17-16-26-12-11-23(17)27-13-14-28-24(30)19-7-9-20(10-8-19)29-25(31)22-15-21(22)18-5-3-2-4-6-18/h2-6,11-12,16,19-22H,7-10,13-15H2,1H3,(H,26,27)(H,28,30)(H,29,31)/t19?,20?,21-,22+/m0/s1. The summed E-state index contributed by atoms with van der Waals surface area (Å²) in [5.74, 6) is 0.838. The van der Waals surface area contributed by atoms with Gasteiger partial charge in [0, 0.05) is 49.0 Å². The van der Waals surface area contributed by atoms with Gasteiger partial charge in [-0.05, 0) is 62.1 Å². The summed E-state index contributed by atoms with van der Waals surface area (Å²) in [6.45, 7) is 3.29. The van der Waals surface area contributed by atoms with Crippen molar-refractivity contribution in [2.45, 2.75) is 51.0 Å². The molecule has 0 radical (unpaired) electrons. The van der Waals surface area contributed by atoms with Crippen molar-refractivity contribution in [3.63, 3.8) is 0 Å². The van der Waals surface area contributed by atoms with Gasteiger partial charge in [-0.15, -0.1) is 0 Å². The molecule has 2 aliphatic rings. The highest BCUT2D eigenvalue weighted by Gasteiger charge is 2.44. The van der Waals surface area contributed by atoms with Crippen LogP contribution in [0.25, 0.3) is 0 Å². The van der Waals surface area contributed by atoms with Gasteiger partial charge in [-0.3, -0.25) is 14.6 Å². The van der Waals surface area contributed by atoms with Crippen molar-refractivity contribution >= 4 is 17.5 Å². The summed E-state index contributed by atoms with van der Waals surface area (Å²) >= 11 is 0. The molecule has 6 nitrogen and oxygen atoms in total. The molecular formula is C25H32N4O2. The van der Waals surface area contributed by atoms with E-state index in [1.54, 1.807) is 6.20 Å². The molecule has 2 fully saturated rings. The Kier molecular flexibility index (Phi) is 6.85. The average Bonchev–Trinajstić information content (AvgIpc) is 3.60. The third kappa shape index (κ3) is 5.63. The fourth-order valence-corrected chi connectivity index (χ4v) is 4.56. The second kappa shape index (κ2) is 9.94. The maximum Gasteiger partial charge on any atom is 0.223 e. The second-order valence-electron chi connectivity index (χ2n) is 8.82. The van der Waals surface area contributed by atoms with E-state index >= 15 is 0 Å². The van der Waals surface area contributed by atoms with Crippen molar-refractivity contribution in [3.8, 4) is 0 Å². The van der Waals surface area contributed by atoms with Crippen LogP contribution in [0.1, 0.15) is 49.1 Å². The quantitative estimate of drug-likeness (QED) is 0.572. The molecule has 164 valence electrons. The van der Waals surface area contributed by atoms with Gasteiger partial charge < -0.3 is 16.0 Å². The van der Waals surface area contributed by atoms with E-state index in [0.717, 1.165) is 43.4 Å². The third-order valence-corrected chi connectivity index (χ3v) is 6.56. The van der Waals surface area contributed by atoms with Gasteiger partial charge in [-0.1, -0.05) is 30.3 Å². The Morgan fingerprint density at radius 1 is 1.00 bits per heavy atom. The first-order valence-corrected chi connectivity index (χ1v) is 11.4. The van der Waals surface area contributed by atoms with Crippen molar-refractivity contribution in [1.82, 2.24) is 15.6 Å². The molecule has 2 saturated carbocycles. The molecule has 2 atom stereocenters. The minimum absolute atomic E-state index is 0.0498. The summed E-state index contributed by atoms with van der Waals surface area (Å²) in [5, 5.41) is 9.60. The lowest BCUT2D eigenvalue weighted by Crippen LogP contribution is -2.42. The molecule has 0 aliphatic heterocycles.